The van der Waals surface area contributed by atoms with Gasteiger partial charge in [0.2, 0.25) is 0 Å². The summed E-state index contributed by atoms with van der Waals surface area (Å²) in [6.45, 7) is 2.05. The Balaban J connectivity index is 2.20. The number of carboxylic acids is 1. The highest BCUT2D eigenvalue weighted by Crippen LogP contribution is 2.36. The van der Waals surface area contributed by atoms with Crippen molar-refractivity contribution in [2.24, 2.45) is 0 Å². The number of thiophene rings is 1. The zero-order valence-corrected chi connectivity index (χ0v) is 14.1. The molecule has 6 nitrogen and oxygen atoms in total. The van der Waals surface area contributed by atoms with Crippen LogP contribution < -0.4 is 10.3 Å². The Morgan fingerprint density at radius 3 is 2.92 bits per heavy atom. The number of aromatic nitrogens is 2. The number of aliphatic carboxylic acids is 1. The number of rotatable bonds is 5. The average Bonchev–Trinajstić information content (AvgIpc) is 2.91. The molecule has 1 N–H and O–H groups in total. The first kappa shape index (κ1) is 16.2. The Bertz CT molecular complexity index is 974. The summed E-state index contributed by atoms with van der Waals surface area (Å²) in [6, 6.07) is 7.51. The molecule has 3 aromatic rings. The molecule has 0 aliphatic heterocycles. The number of aryl methyl sites for hydroxylation is 2. The van der Waals surface area contributed by atoms with Crippen LogP contribution in [0.3, 0.4) is 0 Å². The molecule has 124 valence electrons. The second-order valence-corrected chi connectivity index (χ2v) is 6.54. The zero-order chi connectivity index (χ0) is 17.3. The summed E-state index contributed by atoms with van der Waals surface area (Å²) in [5.74, 6) is -0.238. The van der Waals surface area contributed by atoms with E-state index in [4.69, 9.17) is 9.84 Å². The van der Waals surface area contributed by atoms with Crippen LogP contribution in [0.4, 0.5) is 0 Å². The molecule has 7 heteroatoms. The number of carbonyl (C=O) groups is 1. The molecule has 0 aliphatic rings. The number of fused-ring (bicyclic) bond motifs is 1. The number of nitrogens with zero attached hydrogens (tertiary/aromatic N) is 2. The number of hydrogen-bond acceptors (Lipinski definition) is 5. The summed E-state index contributed by atoms with van der Waals surface area (Å²) < 4.78 is 6.62. The van der Waals surface area contributed by atoms with Gasteiger partial charge in [0.05, 0.1) is 25.2 Å². The number of benzene rings is 1. The van der Waals surface area contributed by atoms with Crippen LogP contribution in [0.5, 0.6) is 5.75 Å². The maximum Gasteiger partial charge on any atom is 0.305 e. The summed E-state index contributed by atoms with van der Waals surface area (Å²) in [4.78, 5) is 29.5. The molecule has 0 saturated heterocycles. The molecule has 3 rings (SSSR count). The minimum Gasteiger partial charge on any atom is -0.497 e. The van der Waals surface area contributed by atoms with E-state index in [9.17, 15) is 9.59 Å². The van der Waals surface area contributed by atoms with Gasteiger partial charge < -0.3 is 9.84 Å². The molecule has 0 unspecified atom stereocenters. The van der Waals surface area contributed by atoms with Crippen molar-refractivity contribution in [3.05, 3.63) is 45.8 Å². The first-order valence-electron chi connectivity index (χ1n) is 7.36. The van der Waals surface area contributed by atoms with Gasteiger partial charge >= 0.3 is 5.97 Å². The smallest absolute Gasteiger partial charge is 0.305 e. The first-order valence-corrected chi connectivity index (χ1v) is 8.17. The molecule has 2 aromatic heterocycles. The predicted octanol–water partition coefficient (Wildman–Crippen LogP) is 2.92. The minimum atomic E-state index is -0.948. The number of hydrogen-bond donors (Lipinski definition) is 1. The zero-order valence-electron chi connectivity index (χ0n) is 13.3. The van der Waals surface area contributed by atoms with Crippen molar-refractivity contribution in [2.45, 2.75) is 19.9 Å². The van der Waals surface area contributed by atoms with Gasteiger partial charge in [0, 0.05) is 17.0 Å². The van der Waals surface area contributed by atoms with Gasteiger partial charge in [0.1, 0.15) is 10.6 Å². The van der Waals surface area contributed by atoms with E-state index in [-0.39, 0.29) is 18.5 Å². The van der Waals surface area contributed by atoms with Crippen molar-refractivity contribution in [1.82, 2.24) is 9.55 Å². The van der Waals surface area contributed by atoms with Gasteiger partial charge in [-0.05, 0) is 24.6 Å². The van der Waals surface area contributed by atoms with E-state index in [0.29, 0.717) is 16.0 Å². The quantitative estimate of drug-likeness (QED) is 0.769. The van der Waals surface area contributed by atoms with Crippen molar-refractivity contribution in [1.29, 1.82) is 0 Å². The van der Waals surface area contributed by atoms with Crippen LogP contribution in [0.1, 0.15) is 11.3 Å². The Labute approximate surface area is 142 Å². The lowest BCUT2D eigenvalue weighted by molar-refractivity contribution is -0.137. The third kappa shape index (κ3) is 2.90. The molecule has 0 amide bonds. The van der Waals surface area contributed by atoms with Crippen molar-refractivity contribution < 1.29 is 14.6 Å². The number of methoxy groups -OCH3 is 1. The fourth-order valence-corrected chi connectivity index (χ4v) is 3.64. The molecule has 0 aliphatic carbocycles. The molecule has 24 heavy (non-hydrogen) atoms. The lowest BCUT2D eigenvalue weighted by Gasteiger charge is -2.07. The summed E-state index contributed by atoms with van der Waals surface area (Å²) in [7, 11) is 1.60. The fraction of sp³-hybridized carbons (Fsp3) is 0.235. The van der Waals surface area contributed by atoms with E-state index >= 15 is 0 Å². The normalized spacial score (nSPS) is 10.9. The Morgan fingerprint density at radius 2 is 2.21 bits per heavy atom. The molecular weight excluding hydrogens is 328 g/mol. The molecule has 2 heterocycles. The van der Waals surface area contributed by atoms with Crippen LogP contribution in [-0.2, 0) is 11.3 Å². The van der Waals surface area contributed by atoms with E-state index in [1.807, 2.05) is 31.2 Å². The Morgan fingerprint density at radius 1 is 1.42 bits per heavy atom. The van der Waals surface area contributed by atoms with Gasteiger partial charge in [0.25, 0.3) is 5.56 Å². The highest BCUT2D eigenvalue weighted by molar-refractivity contribution is 7.19. The van der Waals surface area contributed by atoms with Crippen LogP contribution in [0.25, 0.3) is 21.3 Å². The highest BCUT2D eigenvalue weighted by atomic mass is 32.1. The van der Waals surface area contributed by atoms with Gasteiger partial charge in [0.15, 0.2) is 0 Å². The molecular formula is C17H16N2O4S. The SMILES string of the molecule is COc1cccc(-c2c(C)sc3ncn(CCC(=O)O)c(=O)c23)c1. The van der Waals surface area contributed by atoms with Gasteiger partial charge in [-0.25, -0.2) is 4.98 Å². The van der Waals surface area contributed by atoms with Gasteiger partial charge in [-0.15, -0.1) is 11.3 Å². The lowest BCUT2D eigenvalue weighted by atomic mass is 10.0. The molecule has 1 aromatic carbocycles. The van der Waals surface area contributed by atoms with Crippen LogP contribution >= 0.6 is 11.3 Å². The second-order valence-electron chi connectivity index (χ2n) is 5.33. The standard InChI is InChI=1S/C17H16N2O4S/c1-10-14(11-4-3-5-12(8-11)23-2)15-16(24-10)18-9-19(17(15)22)7-6-13(20)21/h3-5,8-9H,6-7H2,1-2H3,(H,20,21). The van der Waals surface area contributed by atoms with Crippen LogP contribution in [0.2, 0.25) is 0 Å². The molecule has 0 bridgehead atoms. The number of carboxylic acid groups (broad SMARTS) is 1. The summed E-state index contributed by atoms with van der Waals surface area (Å²) in [6.07, 6.45) is 1.30. The average molecular weight is 344 g/mol. The maximum atomic E-state index is 12.8. The van der Waals surface area contributed by atoms with Gasteiger partial charge in [-0.2, -0.15) is 0 Å². The first-order chi connectivity index (χ1) is 11.5. The van der Waals surface area contributed by atoms with E-state index < -0.39 is 5.97 Å². The summed E-state index contributed by atoms with van der Waals surface area (Å²) >= 11 is 1.45. The molecule has 0 radical (unpaired) electrons. The maximum absolute atomic E-state index is 12.8. The molecule has 0 spiro atoms. The van der Waals surface area contributed by atoms with E-state index in [2.05, 4.69) is 4.98 Å². The van der Waals surface area contributed by atoms with E-state index in [0.717, 1.165) is 16.0 Å². The molecule has 0 saturated carbocycles. The third-order valence-electron chi connectivity index (χ3n) is 3.78. The molecule has 0 fully saturated rings. The second kappa shape index (κ2) is 6.45. The van der Waals surface area contributed by atoms with Gasteiger partial charge in [-0.1, -0.05) is 12.1 Å². The van der Waals surface area contributed by atoms with Crippen LogP contribution in [0, 0.1) is 6.92 Å². The topological polar surface area (TPSA) is 81.4 Å². The Hall–Kier alpha value is -2.67. The Kier molecular flexibility index (Phi) is 4.35. The minimum absolute atomic E-state index is 0.101. The predicted molar refractivity (Wildman–Crippen MR) is 92.9 cm³/mol. The lowest BCUT2D eigenvalue weighted by Crippen LogP contribution is -2.21. The van der Waals surface area contributed by atoms with Crippen LogP contribution in [0.15, 0.2) is 35.4 Å². The van der Waals surface area contributed by atoms with E-state index in [1.54, 1.807) is 7.11 Å². The third-order valence-corrected chi connectivity index (χ3v) is 4.79. The molecule has 0 atom stereocenters. The van der Waals surface area contributed by atoms with E-state index in [1.165, 1.54) is 22.2 Å². The largest absolute Gasteiger partial charge is 0.497 e. The van der Waals surface area contributed by atoms with Gasteiger partial charge in [-0.3, -0.25) is 14.2 Å². The highest BCUT2D eigenvalue weighted by Gasteiger charge is 2.17. The fourth-order valence-electron chi connectivity index (χ4n) is 2.64. The van der Waals surface area contributed by atoms with Crippen molar-refractivity contribution in [2.75, 3.05) is 7.11 Å². The van der Waals surface area contributed by atoms with Crippen LogP contribution in [-0.4, -0.2) is 27.7 Å². The van der Waals surface area contributed by atoms with Crippen molar-refractivity contribution in [3.8, 4) is 16.9 Å². The summed E-state index contributed by atoms with van der Waals surface area (Å²) in [5, 5.41) is 9.35. The number of ether oxygens (including phenoxy) is 1. The van der Waals surface area contributed by atoms with Crippen molar-refractivity contribution >= 4 is 27.5 Å². The van der Waals surface area contributed by atoms with Crippen molar-refractivity contribution in [3.63, 3.8) is 0 Å². The summed E-state index contributed by atoms with van der Waals surface area (Å²) in [5.41, 5.74) is 1.49. The monoisotopic (exact) mass is 344 g/mol.